The highest BCUT2D eigenvalue weighted by atomic mass is 19.4. The molecule has 2 N–H and O–H groups in total. The third-order valence-corrected chi connectivity index (χ3v) is 1.96. The number of aryl methyl sites for hydroxylation is 1. The summed E-state index contributed by atoms with van der Waals surface area (Å²) in [5.74, 6) is -1.88. The average molecular weight is 220 g/mol. The van der Waals surface area contributed by atoms with Crippen LogP contribution in [0.5, 0.6) is 0 Å². The zero-order valence-corrected chi connectivity index (χ0v) is 8.08. The predicted molar refractivity (Wildman–Crippen MR) is 48.2 cm³/mol. The highest BCUT2D eigenvalue weighted by molar-refractivity contribution is 5.89. The Labute approximate surface area is 84.7 Å². The number of hydrogen-bond acceptors (Lipinski definition) is 2. The summed E-state index contributed by atoms with van der Waals surface area (Å²) in [6, 6.07) is 0.108. The monoisotopic (exact) mass is 220 g/mol. The van der Waals surface area contributed by atoms with Gasteiger partial charge in [0, 0.05) is 19.4 Å². The maximum absolute atomic E-state index is 12.0. The lowest BCUT2D eigenvalue weighted by molar-refractivity contribution is -0.172. The van der Waals surface area contributed by atoms with Gasteiger partial charge in [0.1, 0.15) is 0 Å². The normalized spacial score (nSPS) is 13.9. The molecule has 1 unspecified atom stereocenters. The van der Waals surface area contributed by atoms with E-state index in [-0.39, 0.29) is 6.42 Å². The summed E-state index contributed by atoms with van der Waals surface area (Å²) in [6.45, 7) is 0. The number of hydrogen-bond donors (Lipinski definition) is 1. The number of ketones is 1. The van der Waals surface area contributed by atoms with Crippen LogP contribution in [0.3, 0.4) is 0 Å². The minimum Gasteiger partial charge on any atom is -0.357 e. The van der Waals surface area contributed by atoms with Gasteiger partial charge in [0.25, 0.3) is 5.78 Å². The van der Waals surface area contributed by atoms with E-state index in [1.165, 1.54) is 0 Å². The van der Waals surface area contributed by atoms with Crippen LogP contribution in [0.25, 0.3) is 0 Å². The summed E-state index contributed by atoms with van der Waals surface area (Å²) >= 11 is 0. The molecule has 6 heteroatoms. The summed E-state index contributed by atoms with van der Waals surface area (Å²) < 4.78 is 37.6. The summed E-state index contributed by atoms with van der Waals surface area (Å²) in [5, 5.41) is 0. The second-order valence-electron chi connectivity index (χ2n) is 3.36. The molecule has 0 fully saturated rings. The molecule has 0 aliphatic rings. The van der Waals surface area contributed by atoms with Crippen molar-refractivity contribution in [3.63, 3.8) is 0 Å². The molecule has 1 aromatic heterocycles. The van der Waals surface area contributed by atoms with Crippen molar-refractivity contribution in [1.82, 2.24) is 4.57 Å². The number of halogens is 3. The Morgan fingerprint density at radius 2 is 2.20 bits per heavy atom. The van der Waals surface area contributed by atoms with Gasteiger partial charge in [-0.3, -0.25) is 4.79 Å². The van der Waals surface area contributed by atoms with Crippen LogP contribution >= 0.6 is 0 Å². The number of alkyl halides is 3. The molecule has 0 saturated heterocycles. The number of rotatable bonds is 3. The first-order valence-corrected chi connectivity index (χ1v) is 4.28. The first-order chi connectivity index (χ1) is 6.80. The van der Waals surface area contributed by atoms with Crippen LogP contribution < -0.4 is 5.73 Å². The second kappa shape index (κ2) is 4.06. The van der Waals surface area contributed by atoms with E-state index in [0.717, 1.165) is 0 Å². The van der Waals surface area contributed by atoms with Crippen LogP contribution in [0.4, 0.5) is 13.2 Å². The van der Waals surface area contributed by atoms with Crippen LogP contribution in [0.2, 0.25) is 0 Å². The molecule has 3 nitrogen and oxygen atoms in total. The fourth-order valence-electron chi connectivity index (χ4n) is 1.24. The largest absolute Gasteiger partial charge is 0.451 e. The lowest BCUT2D eigenvalue weighted by Crippen LogP contribution is -2.41. The first-order valence-electron chi connectivity index (χ1n) is 4.28. The molecular weight excluding hydrogens is 209 g/mol. The van der Waals surface area contributed by atoms with Gasteiger partial charge in [-0.2, -0.15) is 13.2 Å². The van der Waals surface area contributed by atoms with E-state index in [9.17, 15) is 18.0 Å². The molecule has 0 saturated carbocycles. The van der Waals surface area contributed by atoms with Gasteiger partial charge in [-0.1, -0.05) is 0 Å². The third kappa shape index (κ3) is 3.09. The summed E-state index contributed by atoms with van der Waals surface area (Å²) in [7, 11) is 1.74. The topological polar surface area (TPSA) is 48.0 Å². The Morgan fingerprint density at radius 1 is 1.60 bits per heavy atom. The number of nitrogens with two attached hydrogens (primary N) is 1. The third-order valence-electron chi connectivity index (χ3n) is 1.96. The van der Waals surface area contributed by atoms with Crippen molar-refractivity contribution in [2.45, 2.75) is 18.6 Å². The van der Waals surface area contributed by atoms with Gasteiger partial charge in [0.05, 0.1) is 6.04 Å². The summed E-state index contributed by atoms with van der Waals surface area (Å²) in [6.07, 6.45) is -1.64. The van der Waals surface area contributed by atoms with Crippen LogP contribution in [-0.2, 0) is 18.3 Å². The van der Waals surface area contributed by atoms with Crippen LogP contribution in [0.15, 0.2) is 18.5 Å². The molecule has 15 heavy (non-hydrogen) atoms. The number of carbonyl (C=O) groups is 1. The van der Waals surface area contributed by atoms with Crippen molar-refractivity contribution in [3.05, 3.63) is 24.0 Å². The maximum atomic E-state index is 12.0. The van der Waals surface area contributed by atoms with Gasteiger partial charge < -0.3 is 10.3 Å². The second-order valence-corrected chi connectivity index (χ2v) is 3.36. The molecule has 0 spiro atoms. The lowest BCUT2D eigenvalue weighted by Gasteiger charge is -2.11. The zero-order valence-electron chi connectivity index (χ0n) is 8.08. The van der Waals surface area contributed by atoms with Crippen LogP contribution in [-0.4, -0.2) is 22.6 Å². The van der Waals surface area contributed by atoms with E-state index >= 15 is 0 Å². The molecule has 1 rings (SSSR count). The van der Waals surface area contributed by atoms with E-state index in [0.29, 0.717) is 5.56 Å². The smallest absolute Gasteiger partial charge is 0.357 e. The van der Waals surface area contributed by atoms with Gasteiger partial charge in [0.15, 0.2) is 0 Å². The molecule has 0 aliphatic heterocycles. The van der Waals surface area contributed by atoms with E-state index in [1.54, 1.807) is 30.1 Å². The van der Waals surface area contributed by atoms with Gasteiger partial charge in [-0.05, 0) is 18.1 Å². The standard InChI is InChI=1S/C9H11F3N2O/c1-14-3-2-6(5-14)4-7(13)8(15)9(10,11)12/h2-3,5,7H,4,13H2,1H3. The molecule has 1 heterocycles. The lowest BCUT2D eigenvalue weighted by atomic mass is 10.1. The minimum absolute atomic E-state index is 0.0980. The number of aromatic nitrogens is 1. The molecule has 1 aromatic rings. The Balaban J connectivity index is 2.64. The predicted octanol–water partition coefficient (Wildman–Crippen LogP) is 1.03. The average Bonchev–Trinajstić information content (AvgIpc) is 2.48. The van der Waals surface area contributed by atoms with Crippen molar-refractivity contribution in [2.75, 3.05) is 0 Å². The molecule has 0 radical (unpaired) electrons. The molecule has 0 aliphatic carbocycles. The molecular formula is C9H11F3N2O. The fourth-order valence-corrected chi connectivity index (χ4v) is 1.24. The Morgan fingerprint density at radius 3 is 2.60 bits per heavy atom. The summed E-state index contributed by atoms with van der Waals surface area (Å²) in [5.41, 5.74) is 5.78. The quantitative estimate of drug-likeness (QED) is 0.826. The van der Waals surface area contributed by atoms with E-state index in [2.05, 4.69) is 0 Å². The molecule has 1 atom stereocenters. The number of Topliss-reactive ketones (excluding diaryl/α,β-unsaturated/α-hetero) is 1. The zero-order chi connectivity index (χ0) is 11.6. The van der Waals surface area contributed by atoms with Crippen molar-refractivity contribution in [2.24, 2.45) is 12.8 Å². The summed E-state index contributed by atoms with van der Waals surface area (Å²) in [4.78, 5) is 10.7. The molecule has 0 aromatic carbocycles. The molecule has 0 bridgehead atoms. The van der Waals surface area contributed by atoms with E-state index < -0.39 is 18.0 Å². The van der Waals surface area contributed by atoms with Crippen molar-refractivity contribution in [3.8, 4) is 0 Å². The fraction of sp³-hybridized carbons (Fsp3) is 0.444. The SMILES string of the molecule is Cn1ccc(CC(N)C(=O)C(F)(F)F)c1. The molecule has 84 valence electrons. The maximum Gasteiger partial charge on any atom is 0.451 e. The Hall–Kier alpha value is -1.30. The van der Waals surface area contributed by atoms with Gasteiger partial charge >= 0.3 is 6.18 Å². The van der Waals surface area contributed by atoms with Crippen LogP contribution in [0.1, 0.15) is 5.56 Å². The highest BCUT2D eigenvalue weighted by Crippen LogP contribution is 2.18. The number of nitrogens with zero attached hydrogens (tertiary/aromatic N) is 1. The molecule has 0 amide bonds. The van der Waals surface area contributed by atoms with Gasteiger partial charge in [-0.25, -0.2) is 0 Å². The number of carbonyl (C=O) groups excluding carboxylic acids is 1. The van der Waals surface area contributed by atoms with Gasteiger partial charge in [-0.15, -0.1) is 0 Å². The van der Waals surface area contributed by atoms with E-state index in [4.69, 9.17) is 5.73 Å². The van der Waals surface area contributed by atoms with E-state index in [1.807, 2.05) is 0 Å². The van der Waals surface area contributed by atoms with Crippen molar-refractivity contribution < 1.29 is 18.0 Å². The first kappa shape index (κ1) is 11.8. The highest BCUT2D eigenvalue weighted by Gasteiger charge is 2.41. The van der Waals surface area contributed by atoms with Crippen molar-refractivity contribution in [1.29, 1.82) is 0 Å². The Bertz CT molecular complexity index is 356. The minimum atomic E-state index is -4.85. The Kier molecular flexibility index (Phi) is 3.18. The van der Waals surface area contributed by atoms with Crippen molar-refractivity contribution >= 4 is 5.78 Å². The van der Waals surface area contributed by atoms with Crippen LogP contribution in [0, 0.1) is 0 Å². The van der Waals surface area contributed by atoms with Gasteiger partial charge in [0.2, 0.25) is 0 Å².